The summed E-state index contributed by atoms with van der Waals surface area (Å²) in [6, 6.07) is 9.51. The maximum absolute atomic E-state index is 6.16. The first-order chi connectivity index (χ1) is 9.22. The van der Waals surface area contributed by atoms with E-state index in [1.165, 1.54) is 0 Å². The van der Waals surface area contributed by atoms with Crippen molar-refractivity contribution in [2.75, 3.05) is 14.2 Å². The summed E-state index contributed by atoms with van der Waals surface area (Å²) in [6.45, 7) is 0. The molecule has 0 saturated carbocycles. The monoisotopic (exact) mass is 261 g/mol. The number of benzene rings is 1. The minimum atomic E-state index is -0.0212. The zero-order valence-electron chi connectivity index (χ0n) is 11.3. The number of furan rings is 1. The predicted molar refractivity (Wildman–Crippen MR) is 73.6 cm³/mol. The summed E-state index contributed by atoms with van der Waals surface area (Å²) in [4.78, 5) is 0. The van der Waals surface area contributed by atoms with E-state index < -0.39 is 0 Å². The zero-order chi connectivity index (χ0) is 13.7. The van der Waals surface area contributed by atoms with Crippen LogP contribution in [0.2, 0.25) is 0 Å². The van der Waals surface area contributed by atoms with Crippen molar-refractivity contribution >= 4 is 0 Å². The highest BCUT2D eigenvalue weighted by Crippen LogP contribution is 2.25. The first-order valence-electron chi connectivity index (χ1n) is 6.21. The minimum Gasteiger partial charge on any atom is -0.497 e. The molecule has 1 heterocycles. The normalized spacial score (nSPS) is 12.2. The average molecular weight is 261 g/mol. The third-order valence-electron chi connectivity index (χ3n) is 3.01. The van der Waals surface area contributed by atoms with Crippen molar-refractivity contribution in [3.05, 3.63) is 47.9 Å². The van der Waals surface area contributed by atoms with Gasteiger partial charge in [0.05, 0.1) is 20.5 Å². The van der Waals surface area contributed by atoms with Crippen molar-refractivity contribution in [1.82, 2.24) is 0 Å². The van der Waals surface area contributed by atoms with Gasteiger partial charge in [0.15, 0.2) is 0 Å². The molecular formula is C15H19NO3. The quantitative estimate of drug-likeness (QED) is 0.867. The molecule has 1 unspecified atom stereocenters. The summed E-state index contributed by atoms with van der Waals surface area (Å²) in [6.07, 6.45) is 3.07. The van der Waals surface area contributed by atoms with E-state index in [-0.39, 0.29) is 6.04 Å². The SMILES string of the molecule is COc1ccc(OC)c(CC(N)Cc2ccco2)c1. The summed E-state index contributed by atoms with van der Waals surface area (Å²) in [5.41, 5.74) is 7.20. The molecule has 0 amide bonds. The van der Waals surface area contributed by atoms with Crippen molar-refractivity contribution in [2.45, 2.75) is 18.9 Å². The maximum Gasteiger partial charge on any atom is 0.122 e. The predicted octanol–water partition coefficient (Wildman–Crippen LogP) is 2.41. The van der Waals surface area contributed by atoms with Crippen LogP contribution in [-0.2, 0) is 12.8 Å². The molecule has 19 heavy (non-hydrogen) atoms. The fourth-order valence-corrected chi connectivity index (χ4v) is 2.08. The third kappa shape index (κ3) is 3.51. The zero-order valence-corrected chi connectivity index (χ0v) is 11.3. The Kier molecular flexibility index (Phi) is 4.47. The van der Waals surface area contributed by atoms with Gasteiger partial charge in [-0.3, -0.25) is 0 Å². The number of methoxy groups -OCH3 is 2. The Morgan fingerprint density at radius 3 is 2.63 bits per heavy atom. The highest BCUT2D eigenvalue weighted by molar-refractivity contribution is 5.40. The fourth-order valence-electron chi connectivity index (χ4n) is 2.08. The molecule has 1 atom stereocenters. The van der Waals surface area contributed by atoms with Gasteiger partial charge in [0.1, 0.15) is 17.3 Å². The molecule has 0 aliphatic carbocycles. The van der Waals surface area contributed by atoms with Crippen molar-refractivity contribution in [1.29, 1.82) is 0 Å². The molecule has 0 radical (unpaired) electrons. The van der Waals surface area contributed by atoms with Crippen LogP contribution in [0.25, 0.3) is 0 Å². The number of ether oxygens (including phenoxy) is 2. The van der Waals surface area contributed by atoms with Crippen molar-refractivity contribution in [3.8, 4) is 11.5 Å². The van der Waals surface area contributed by atoms with E-state index in [0.29, 0.717) is 12.8 Å². The van der Waals surface area contributed by atoms with E-state index in [1.807, 2.05) is 30.3 Å². The lowest BCUT2D eigenvalue weighted by Gasteiger charge is -2.14. The first kappa shape index (κ1) is 13.5. The van der Waals surface area contributed by atoms with E-state index in [2.05, 4.69) is 0 Å². The van der Waals surface area contributed by atoms with Crippen LogP contribution in [0.15, 0.2) is 41.0 Å². The largest absolute Gasteiger partial charge is 0.497 e. The summed E-state index contributed by atoms with van der Waals surface area (Å²) in [5.74, 6) is 2.53. The van der Waals surface area contributed by atoms with E-state index >= 15 is 0 Å². The molecular weight excluding hydrogens is 242 g/mol. The molecule has 2 aromatic rings. The Morgan fingerprint density at radius 2 is 2.00 bits per heavy atom. The van der Waals surface area contributed by atoms with Gasteiger partial charge < -0.3 is 19.6 Å². The molecule has 1 aromatic carbocycles. The van der Waals surface area contributed by atoms with Gasteiger partial charge in [-0.1, -0.05) is 0 Å². The van der Waals surface area contributed by atoms with Crippen LogP contribution in [0.4, 0.5) is 0 Å². The number of hydrogen-bond acceptors (Lipinski definition) is 4. The van der Waals surface area contributed by atoms with Gasteiger partial charge in [0.2, 0.25) is 0 Å². The Hall–Kier alpha value is -1.94. The Bertz CT molecular complexity index is 508. The standard InChI is InChI=1S/C15H19NO3/c1-17-13-5-6-15(18-2)11(9-13)8-12(16)10-14-4-3-7-19-14/h3-7,9,12H,8,10,16H2,1-2H3. The van der Waals surface area contributed by atoms with Crippen LogP contribution >= 0.6 is 0 Å². The van der Waals surface area contributed by atoms with Gasteiger partial charge in [-0.25, -0.2) is 0 Å². The van der Waals surface area contributed by atoms with Crippen LogP contribution < -0.4 is 15.2 Å². The fraction of sp³-hybridized carbons (Fsp3) is 0.333. The van der Waals surface area contributed by atoms with Crippen LogP contribution in [0.3, 0.4) is 0 Å². The number of nitrogens with two attached hydrogens (primary N) is 1. The lowest BCUT2D eigenvalue weighted by molar-refractivity contribution is 0.396. The maximum atomic E-state index is 6.16. The molecule has 1 aromatic heterocycles. The molecule has 0 aliphatic rings. The molecule has 0 saturated heterocycles. The highest BCUT2D eigenvalue weighted by Gasteiger charge is 2.12. The van der Waals surface area contributed by atoms with Gasteiger partial charge in [-0.15, -0.1) is 0 Å². The average Bonchev–Trinajstić information content (AvgIpc) is 2.91. The Labute approximate surface area is 113 Å². The van der Waals surface area contributed by atoms with Gasteiger partial charge in [0, 0.05) is 12.5 Å². The molecule has 4 heteroatoms. The van der Waals surface area contributed by atoms with E-state index in [9.17, 15) is 0 Å². The molecule has 0 fully saturated rings. The topological polar surface area (TPSA) is 57.6 Å². The molecule has 0 aliphatic heterocycles. The van der Waals surface area contributed by atoms with Crippen molar-refractivity contribution in [2.24, 2.45) is 5.73 Å². The molecule has 2 N–H and O–H groups in total. The van der Waals surface area contributed by atoms with Gasteiger partial charge in [-0.2, -0.15) is 0 Å². The van der Waals surface area contributed by atoms with Crippen molar-refractivity contribution in [3.63, 3.8) is 0 Å². The lowest BCUT2D eigenvalue weighted by atomic mass is 10.0. The number of hydrogen-bond donors (Lipinski definition) is 1. The second-order valence-corrected chi connectivity index (χ2v) is 4.43. The van der Waals surface area contributed by atoms with Crippen LogP contribution in [0, 0.1) is 0 Å². The first-order valence-corrected chi connectivity index (χ1v) is 6.21. The van der Waals surface area contributed by atoms with Gasteiger partial charge in [0.25, 0.3) is 0 Å². The van der Waals surface area contributed by atoms with E-state index in [4.69, 9.17) is 19.6 Å². The van der Waals surface area contributed by atoms with Gasteiger partial charge in [-0.05, 0) is 42.3 Å². The summed E-state index contributed by atoms with van der Waals surface area (Å²) < 4.78 is 15.9. The molecule has 0 bridgehead atoms. The third-order valence-corrected chi connectivity index (χ3v) is 3.01. The lowest BCUT2D eigenvalue weighted by Crippen LogP contribution is -2.25. The smallest absolute Gasteiger partial charge is 0.122 e. The van der Waals surface area contributed by atoms with E-state index in [0.717, 1.165) is 22.8 Å². The Balaban J connectivity index is 2.08. The van der Waals surface area contributed by atoms with Crippen LogP contribution in [0.1, 0.15) is 11.3 Å². The number of rotatable bonds is 6. The molecule has 102 valence electrons. The minimum absolute atomic E-state index is 0.0212. The summed E-state index contributed by atoms with van der Waals surface area (Å²) >= 11 is 0. The summed E-state index contributed by atoms with van der Waals surface area (Å²) in [7, 11) is 3.30. The second-order valence-electron chi connectivity index (χ2n) is 4.43. The van der Waals surface area contributed by atoms with Crippen LogP contribution in [0.5, 0.6) is 11.5 Å². The van der Waals surface area contributed by atoms with Gasteiger partial charge >= 0.3 is 0 Å². The molecule has 2 rings (SSSR count). The van der Waals surface area contributed by atoms with E-state index in [1.54, 1.807) is 20.5 Å². The van der Waals surface area contributed by atoms with Crippen molar-refractivity contribution < 1.29 is 13.9 Å². The summed E-state index contributed by atoms with van der Waals surface area (Å²) in [5, 5.41) is 0. The highest BCUT2D eigenvalue weighted by atomic mass is 16.5. The second kappa shape index (κ2) is 6.29. The molecule has 0 spiro atoms. The Morgan fingerprint density at radius 1 is 1.16 bits per heavy atom. The van der Waals surface area contributed by atoms with Crippen LogP contribution in [-0.4, -0.2) is 20.3 Å². The molecule has 4 nitrogen and oxygen atoms in total.